The maximum Gasteiger partial charge on any atom is 0.246 e. The second-order valence-electron chi connectivity index (χ2n) is 21.4. The molecule has 0 spiro atoms. The summed E-state index contributed by atoms with van der Waals surface area (Å²) in [4.78, 5) is 62.7. The van der Waals surface area contributed by atoms with Crippen molar-refractivity contribution < 1.29 is 28.7 Å². The minimum Gasteiger partial charge on any atom is -0.376 e. The second kappa shape index (κ2) is 41.0. The smallest absolute Gasteiger partial charge is 0.246 e. The highest BCUT2D eigenvalue weighted by Crippen LogP contribution is 2.48. The van der Waals surface area contributed by atoms with E-state index in [1.54, 1.807) is 23.5 Å². The lowest BCUT2D eigenvalue weighted by Gasteiger charge is -2.35. The Morgan fingerprint density at radius 1 is 0.634 bits per heavy atom. The van der Waals surface area contributed by atoms with E-state index in [0.717, 1.165) is 53.0 Å². The number of thiocarbonyl (C=S) groups is 2. The minimum absolute atomic E-state index is 0. The lowest BCUT2D eigenvalue weighted by Crippen LogP contribution is -2.57. The first-order valence-electron chi connectivity index (χ1n) is 25.7. The monoisotopic (exact) mass is 1400 g/mol. The SMILES string of the molecule is CC[C@@H](C)C(=S)N[C@H]1CCS[C@H]2CC(C)(C)C(C(=O)N[C@H](COCc3ccc(COC[C@@H](CC(=O)C4N5C(=O)[C@@H](NC(=S)[C@H](C)NC)CCS[C@H]5CC4(C)C)c4ccccc4)cc3)c3ccccc3)N2C1=O.S.S.S.S.S.S.S.S.S.S. The van der Waals surface area contributed by atoms with E-state index in [1.807, 2.05) is 109 Å². The van der Waals surface area contributed by atoms with Crippen molar-refractivity contribution in [3.63, 3.8) is 0 Å². The van der Waals surface area contributed by atoms with E-state index in [0.29, 0.717) is 42.6 Å². The summed E-state index contributed by atoms with van der Waals surface area (Å²) in [5.74, 6) is 1.31. The summed E-state index contributed by atoms with van der Waals surface area (Å²) in [6.45, 7) is 15.8. The quantitative estimate of drug-likeness (QED) is 0.0754. The molecule has 7 rings (SSSR count). The van der Waals surface area contributed by atoms with Gasteiger partial charge in [0.15, 0.2) is 5.78 Å². The van der Waals surface area contributed by atoms with Gasteiger partial charge >= 0.3 is 0 Å². The number of nitrogens with one attached hydrogen (secondary N) is 4. The van der Waals surface area contributed by atoms with Crippen LogP contribution in [0.15, 0.2) is 84.9 Å². The van der Waals surface area contributed by atoms with E-state index in [4.69, 9.17) is 33.9 Å². The summed E-state index contributed by atoms with van der Waals surface area (Å²) in [5, 5.41) is 13.0. The van der Waals surface area contributed by atoms with E-state index in [-0.39, 0.29) is 200 Å². The van der Waals surface area contributed by atoms with E-state index in [2.05, 4.69) is 62.8 Å². The molecule has 3 aromatic rings. The number of Topliss-reactive ketones (excluding diaryl/α,β-unsaturated/α-hetero) is 1. The Hall–Kier alpha value is -0.400. The fourth-order valence-electron chi connectivity index (χ4n) is 10.6. The van der Waals surface area contributed by atoms with E-state index in [9.17, 15) is 19.2 Å². The van der Waals surface area contributed by atoms with Crippen LogP contribution < -0.4 is 21.3 Å². The number of hydrogen-bond donors (Lipinski definition) is 4. The van der Waals surface area contributed by atoms with Gasteiger partial charge in [-0.3, -0.25) is 19.2 Å². The Kier molecular flexibility index (Phi) is 44.0. The Labute approximate surface area is 579 Å². The molecule has 0 bridgehead atoms. The standard InChI is InChI=1S/C56H76N6O6S4.10H2S/c1-9-35(2)51(69)59-42-24-26-72-47-30-56(6,7)49(62(47)54(42)66)50(64)58-44(40-18-14-11-15-19-40)34-68-32-38-22-20-37(21-23-38)31-67-33-41(39-16-12-10-13-17-39)28-45(63)48-55(4,5)29-46-61(48)53(65)43(25-27-71-46)60-52(70)36(3)57-8;;;;;;;;;;/h10-23,35-36,41-44,46-49,57H,9,24-34H2,1-8H3,(H,58,64)(H,59,69)(H,60,70);10*1H2/t35-,36+,41-,42+,43+,44-,46+,47+,48?,49?;;;;;;;;;;/m1........../s1. The van der Waals surface area contributed by atoms with E-state index in [1.165, 1.54) is 0 Å². The molecule has 4 aliphatic heterocycles. The number of benzene rings is 3. The normalized spacial score (nSPS) is 22.1. The average molecular weight is 1400 g/mol. The third-order valence-electron chi connectivity index (χ3n) is 15.1. The summed E-state index contributed by atoms with van der Waals surface area (Å²) in [7, 11) is 1.84. The van der Waals surface area contributed by atoms with Crippen LogP contribution >= 0.6 is 183 Å². The van der Waals surface area contributed by atoms with Crippen molar-refractivity contribution in [3.05, 3.63) is 107 Å². The molecule has 26 heteroatoms. The molecule has 4 fully saturated rings. The zero-order valence-corrected chi connectivity index (χ0v) is 61.6. The van der Waals surface area contributed by atoms with Crippen LogP contribution in [0.4, 0.5) is 0 Å². The van der Waals surface area contributed by atoms with Gasteiger partial charge in [-0.2, -0.15) is 135 Å². The molecule has 4 N–H and O–H groups in total. The molecule has 2 unspecified atom stereocenters. The lowest BCUT2D eigenvalue weighted by atomic mass is 9.79. The lowest BCUT2D eigenvalue weighted by molar-refractivity contribution is -0.142. The number of nitrogens with zero attached hydrogens (tertiary/aromatic N) is 2. The van der Waals surface area contributed by atoms with Gasteiger partial charge in [0.1, 0.15) is 18.1 Å². The third kappa shape index (κ3) is 22.6. The first-order chi connectivity index (χ1) is 34.4. The van der Waals surface area contributed by atoms with Crippen LogP contribution in [0.5, 0.6) is 0 Å². The summed E-state index contributed by atoms with van der Waals surface area (Å²) in [6.07, 6.45) is 3.90. The summed E-state index contributed by atoms with van der Waals surface area (Å²) in [5.41, 5.74) is 3.05. The van der Waals surface area contributed by atoms with Crippen molar-refractivity contribution in [2.24, 2.45) is 16.7 Å². The van der Waals surface area contributed by atoms with Gasteiger partial charge in [0.05, 0.1) is 65.3 Å². The Morgan fingerprint density at radius 3 is 1.52 bits per heavy atom. The van der Waals surface area contributed by atoms with Crippen molar-refractivity contribution >= 4 is 216 Å². The molecule has 3 aromatic carbocycles. The number of hydrogen-bond acceptors (Lipinski definition) is 11. The van der Waals surface area contributed by atoms with Gasteiger partial charge in [-0.15, -0.1) is 23.5 Å². The topological polar surface area (TPSA) is 141 Å². The van der Waals surface area contributed by atoms with Gasteiger partial charge in [0.25, 0.3) is 0 Å². The fraction of sp³-hybridized carbons (Fsp3) is 0.571. The Balaban J connectivity index is -0.00000304. The van der Waals surface area contributed by atoms with Crippen LogP contribution in [0, 0.1) is 16.7 Å². The highest BCUT2D eigenvalue weighted by atomic mass is 32.2. The number of fused-ring (bicyclic) bond motifs is 2. The molecule has 4 heterocycles. The summed E-state index contributed by atoms with van der Waals surface area (Å²) in [6, 6.07) is 25.3. The average Bonchev–Trinajstić information content (AvgIpc) is 3.69. The number of amides is 3. The fourth-order valence-corrected chi connectivity index (χ4v) is 14.3. The molecule has 4 aliphatic rings. The molecule has 0 saturated carbocycles. The van der Waals surface area contributed by atoms with Gasteiger partial charge < -0.3 is 40.5 Å². The molecule has 470 valence electrons. The molecule has 4 saturated heterocycles. The maximum atomic E-state index is 14.6. The first-order valence-corrected chi connectivity index (χ1v) is 28.7. The van der Waals surface area contributed by atoms with Crippen LogP contribution in [-0.2, 0) is 41.9 Å². The van der Waals surface area contributed by atoms with Gasteiger partial charge in [0.2, 0.25) is 17.7 Å². The number of rotatable bonds is 21. The zero-order chi connectivity index (χ0) is 51.7. The number of thioether (sulfide) groups is 2. The maximum absolute atomic E-state index is 14.6. The second-order valence-corrected chi connectivity index (χ2v) is 24.9. The first kappa shape index (κ1) is 88.0. The van der Waals surface area contributed by atoms with Gasteiger partial charge in [-0.1, -0.05) is 151 Å². The van der Waals surface area contributed by atoms with Crippen LogP contribution in [0.2, 0.25) is 0 Å². The van der Waals surface area contributed by atoms with Gasteiger partial charge in [-0.05, 0) is 90.7 Å². The van der Waals surface area contributed by atoms with Crippen molar-refractivity contribution in [2.75, 3.05) is 31.8 Å². The summed E-state index contributed by atoms with van der Waals surface area (Å²) >= 11 is 14.8. The number of ether oxygens (including phenoxy) is 2. The van der Waals surface area contributed by atoms with Crippen molar-refractivity contribution in [1.82, 2.24) is 31.1 Å². The molecule has 82 heavy (non-hydrogen) atoms. The van der Waals surface area contributed by atoms with Crippen LogP contribution in [0.1, 0.15) is 121 Å². The van der Waals surface area contributed by atoms with Crippen LogP contribution in [0.3, 0.4) is 0 Å². The van der Waals surface area contributed by atoms with E-state index >= 15 is 0 Å². The van der Waals surface area contributed by atoms with Gasteiger partial charge in [-0.25, -0.2) is 0 Å². The van der Waals surface area contributed by atoms with Gasteiger partial charge in [0, 0.05) is 18.3 Å². The number of likely N-dealkylation sites (N-methyl/N-ethyl adjacent to an activating group) is 1. The predicted molar refractivity (Wildman–Crippen MR) is 403 cm³/mol. The highest BCUT2D eigenvalue weighted by Gasteiger charge is 2.56. The predicted octanol–water partition coefficient (Wildman–Crippen LogP) is 9.85. The third-order valence-corrected chi connectivity index (χ3v) is 18.6. The molecular formula is C56H96N6O6S14. The number of carbonyl (C=O) groups is 4. The largest absolute Gasteiger partial charge is 0.376 e. The van der Waals surface area contributed by atoms with Crippen LogP contribution in [-0.4, -0.2) is 116 Å². The molecule has 10 atom stereocenters. The number of ketones is 1. The molecule has 12 nitrogen and oxygen atoms in total. The molecule has 0 radical (unpaired) electrons. The Bertz CT molecular complexity index is 2230. The summed E-state index contributed by atoms with van der Waals surface area (Å²) < 4.78 is 12.7. The van der Waals surface area contributed by atoms with Crippen molar-refractivity contribution in [2.45, 2.75) is 153 Å². The molecule has 0 aliphatic carbocycles. The molecule has 3 amide bonds. The highest BCUT2D eigenvalue weighted by molar-refractivity contribution is 8.00. The molecule has 0 aromatic heterocycles. The van der Waals surface area contributed by atoms with Crippen LogP contribution in [0.25, 0.3) is 0 Å². The van der Waals surface area contributed by atoms with Crippen molar-refractivity contribution in [1.29, 1.82) is 0 Å². The Morgan fingerprint density at radius 2 is 1.06 bits per heavy atom. The zero-order valence-electron chi connectivity index (χ0n) is 48.3. The minimum atomic E-state index is -0.656. The van der Waals surface area contributed by atoms with Crippen molar-refractivity contribution in [3.8, 4) is 0 Å². The van der Waals surface area contributed by atoms with E-state index < -0.39 is 41.0 Å². The molecular weight excluding hydrogens is 1300 g/mol. The number of carbonyl (C=O) groups excluding carboxylic acids is 4.